The fraction of sp³-hybridized carbons (Fsp3) is 0.419. The second kappa shape index (κ2) is 11.6. The van der Waals surface area contributed by atoms with Gasteiger partial charge in [-0.3, -0.25) is 19.9 Å². The van der Waals surface area contributed by atoms with Gasteiger partial charge in [0.25, 0.3) is 0 Å². The lowest BCUT2D eigenvalue weighted by Crippen LogP contribution is -2.57. The standard InChI is InChI=1S/C31H33Br3N4O4/c1-17-28(33)29(3)16-22-9-8-20(36-22)14-19-6-7-21(35-19)15-24-27(32)23(10-11-25(39)41-4)30(37-24,13-12-26(40)42-5)18(2)31(17,34)38-29/h6-9,14-16,18,35,38H,10-13H2,1-5H3. The molecule has 5 heterocycles. The van der Waals surface area contributed by atoms with Crippen LogP contribution in [0, 0.1) is 5.92 Å². The minimum Gasteiger partial charge on any atom is -0.469 e. The highest BCUT2D eigenvalue weighted by atomic mass is 79.9. The third kappa shape index (κ3) is 5.42. The number of halogens is 3. The highest BCUT2D eigenvalue weighted by Crippen LogP contribution is 2.56. The smallest absolute Gasteiger partial charge is 0.305 e. The summed E-state index contributed by atoms with van der Waals surface area (Å²) in [4.78, 5) is 38.6. The molecule has 4 atom stereocenters. The summed E-state index contributed by atoms with van der Waals surface area (Å²) >= 11 is 11.9. The van der Waals surface area contributed by atoms with E-state index in [-0.39, 0.29) is 30.7 Å². The fourth-order valence-corrected chi connectivity index (χ4v) is 8.82. The predicted octanol–water partition coefficient (Wildman–Crippen LogP) is 4.99. The van der Waals surface area contributed by atoms with Crippen molar-refractivity contribution in [1.29, 1.82) is 0 Å². The summed E-state index contributed by atoms with van der Waals surface area (Å²) in [6.07, 6.45) is 11.2. The molecule has 4 aliphatic heterocycles. The molecule has 5 rings (SSSR count). The van der Waals surface area contributed by atoms with Crippen molar-refractivity contribution < 1.29 is 19.1 Å². The molecular weight excluding hydrogens is 732 g/mol. The second-order valence-corrected chi connectivity index (χ2v) is 14.0. The number of rotatable bonds is 6. The summed E-state index contributed by atoms with van der Waals surface area (Å²) in [6, 6.07) is 4.00. The number of alkyl halides is 1. The Bertz CT molecular complexity index is 1670. The number of methoxy groups -OCH3 is 2. The number of aliphatic imine (C=N–C) groups is 2. The third-order valence-electron chi connectivity index (χ3n) is 8.61. The largest absolute Gasteiger partial charge is 0.469 e. The van der Waals surface area contributed by atoms with Gasteiger partial charge in [-0.2, -0.15) is 0 Å². The molecule has 1 aromatic heterocycles. The van der Waals surface area contributed by atoms with Crippen molar-refractivity contribution in [2.24, 2.45) is 15.9 Å². The Morgan fingerprint density at radius 2 is 1.71 bits per heavy atom. The number of aromatic amines is 1. The Kier molecular flexibility index (Phi) is 8.61. The monoisotopic (exact) mass is 762 g/mol. The van der Waals surface area contributed by atoms with Crippen molar-refractivity contribution in [2.45, 2.75) is 62.0 Å². The van der Waals surface area contributed by atoms with E-state index in [1.165, 1.54) is 14.2 Å². The SMILES string of the molecule is COC(=O)CCC1=C(Br)C2=NC1(CCC(=O)OC)C(C)C1(Br)NC(C)(C=C3C=CC(=N3)C=c3ccc([nH]3)=C2)C(Br)=C1C. The van der Waals surface area contributed by atoms with Crippen LogP contribution in [0.1, 0.15) is 46.5 Å². The van der Waals surface area contributed by atoms with Crippen molar-refractivity contribution in [3.05, 3.63) is 66.9 Å². The summed E-state index contributed by atoms with van der Waals surface area (Å²) in [7, 11) is 2.78. The lowest BCUT2D eigenvalue weighted by Gasteiger charge is -2.45. The number of nitrogens with one attached hydrogen (secondary N) is 2. The molecule has 11 heteroatoms. The lowest BCUT2D eigenvalue weighted by atomic mass is 9.71. The topological polar surface area (TPSA) is 105 Å². The first kappa shape index (κ1) is 31.1. The molecule has 2 N–H and O–H groups in total. The molecule has 222 valence electrons. The molecule has 4 unspecified atom stereocenters. The number of hydrogen-bond donors (Lipinski definition) is 2. The normalized spacial score (nSPS) is 30.0. The minimum absolute atomic E-state index is 0.151. The van der Waals surface area contributed by atoms with Crippen LogP contribution >= 0.6 is 47.8 Å². The first-order valence-electron chi connectivity index (χ1n) is 13.7. The first-order valence-corrected chi connectivity index (χ1v) is 16.1. The van der Waals surface area contributed by atoms with E-state index in [2.05, 4.69) is 84.9 Å². The van der Waals surface area contributed by atoms with Gasteiger partial charge in [-0.05, 0) is 96.3 Å². The summed E-state index contributed by atoms with van der Waals surface area (Å²) in [5.41, 5.74) is 2.94. The van der Waals surface area contributed by atoms with Gasteiger partial charge in [-0.1, -0.05) is 38.8 Å². The predicted molar refractivity (Wildman–Crippen MR) is 176 cm³/mol. The van der Waals surface area contributed by atoms with Gasteiger partial charge >= 0.3 is 11.9 Å². The van der Waals surface area contributed by atoms with Crippen molar-refractivity contribution in [1.82, 2.24) is 10.3 Å². The van der Waals surface area contributed by atoms with Crippen LogP contribution in [0.15, 0.2) is 66.2 Å². The van der Waals surface area contributed by atoms with E-state index in [1.54, 1.807) is 0 Å². The maximum absolute atomic E-state index is 12.6. The average Bonchev–Trinajstić information content (AvgIpc) is 3.70. The van der Waals surface area contributed by atoms with Crippen LogP contribution in [-0.4, -0.2) is 58.1 Å². The summed E-state index contributed by atoms with van der Waals surface area (Å²) in [5.74, 6) is -0.878. The molecule has 8 nitrogen and oxygen atoms in total. The van der Waals surface area contributed by atoms with Crippen molar-refractivity contribution in [3.63, 3.8) is 0 Å². The maximum Gasteiger partial charge on any atom is 0.305 e. The molecule has 0 aromatic carbocycles. The van der Waals surface area contributed by atoms with E-state index in [0.29, 0.717) is 12.8 Å². The van der Waals surface area contributed by atoms with Gasteiger partial charge < -0.3 is 14.5 Å². The number of fused-ring (bicyclic) bond motifs is 6. The van der Waals surface area contributed by atoms with Crippen LogP contribution in [0.5, 0.6) is 0 Å². The Hall–Kier alpha value is -2.34. The Morgan fingerprint density at radius 1 is 1.05 bits per heavy atom. The Balaban J connectivity index is 1.78. The number of ether oxygens (including phenoxy) is 2. The Labute approximate surface area is 270 Å². The Morgan fingerprint density at radius 3 is 2.40 bits per heavy atom. The molecule has 0 saturated carbocycles. The van der Waals surface area contributed by atoms with Gasteiger partial charge in [0.2, 0.25) is 0 Å². The van der Waals surface area contributed by atoms with E-state index >= 15 is 0 Å². The van der Waals surface area contributed by atoms with Gasteiger partial charge in [-0.15, -0.1) is 0 Å². The van der Waals surface area contributed by atoms with Crippen molar-refractivity contribution >= 4 is 83.3 Å². The van der Waals surface area contributed by atoms with Crippen LogP contribution in [0.4, 0.5) is 0 Å². The van der Waals surface area contributed by atoms with Gasteiger partial charge in [0.15, 0.2) is 0 Å². The molecule has 0 radical (unpaired) electrons. The van der Waals surface area contributed by atoms with Gasteiger partial charge in [0.05, 0.1) is 42.4 Å². The number of carbonyl (C=O) groups is 2. The number of allylic oxidation sites excluding steroid dienone is 3. The molecule has 4 aliphatic rings. The van der Waals surface area contributed by atoms with E-state index in [1.807, 2.05) is 36.4 Å². The lowest BCUT2D eigenvalue weighted by molar-refractivity contribution is -0.142. The molecule has 0 fully saturated rings. The minimum atomic E-state index is -0.881. The quantitative estimate of drug-likeness (QED) is 0.242. The van der Waals surface area contributed by atoms with Gasteiger partial charge in [0.1, 0.15) is 4.45 Å². The number of carbonyl (C=O) groups excluding carboxylic acids is 2. The van der Waals surface area contributed by atoms with Crippen LogP contribution < -0.4 is 16.0 Å². The van der Waals surface area contributed by atoms with E-state index in [0.717, 1.165) is 47.9 Å². The summed E-state index contributed by atoms with van der Waals surface area (Å²) in [6.45, 7) is 6.32. The zero-order valence-electron chi connectivity index (χ0n) is 24.1. The van der Waals surface area contributed by atoms with Gasteiger partial charge in [0, 0.05) is 38.4 Å². The second-order valence-electron chi connectivity index (χ2n) is 11.2. The van der Waals surface area contributed by atoms with Gasteiger partial charge in [-0.25, -0.2) is 4.99 Å². The van der Waals surface area contributed by atoms with E-state index in [9.17, 15) is 9.59 Å². The average molecular weight is 765 g/mol. The number of H-pyrrole nitrogens is 1. The molecule has 0 saturated heterocycles. The zero-order valence-corrected chi connectivity index (χ0v) is 28.9. The molecule has 1 aromatic rings. The highest BCUT2D eigenvalue weighted by Gasteiger charge is 2.58. The highest BCUT2D eigenvalue weighted by molar-refractivity contribution is 9.12. The fourth-order valence-electron chi connectivity index (χ4n) is 6.30. The molecular formula is C31H33Br3N4O4. The summed E-state index contributed by atoms with van der Waals surface area (Å²) < 4.78 is 11.1. The molecule has 0 amide bonds. The number of nitrogens with zero attached hydrogens (tertiary/aromatic N) is 2. The van der Waals surface area contributed by atoms with Crippen LogP contribution in [-0.2, 0) is 19.1 Å². The first-order chi connectivity index (χ1) is 19.8. The van der Waals surface area contributed by atoms with Crippen molar-refractivity contribution in [2.75, 3.05) is 14.2 Å². The van der Waals surface area contributed by atoms with Crippen LogP contribution in [0.25, 0.3) is 12.2 Å². The van der Waals surface area contributed by atoms with Crippen LogP contribution in [0.2, 0.25) is 0 Å². The zero-order chi connectivity index (χ0) is 30.4. The molecule has 0 spiro atoms. The van der Waals surface area contributed by atoms with Crippen molar-refractivity contribution in [3.8, 4) is 0 Å². The molecule has 8 bridgehead atoms. The number of hydrogen-bond acceptors (Lipinski definition) is 7. The number of esters is 2. The third-order valence-corrected chi connectivity index (χ3v) is 12.4. The molecule has 42 heavy (non-hydrogen) atoms. The maximum atomic E-state index is 12.6. The molecule has 0 aliphatic carbocycles. The van der Waals surface area contributed by atoms with Crippen LogP contribution in [0.3, 0.4) is 0 Å². The van der Waals surface area contributed by atoms with E-state index in [4.69, 9.17) is 19.5 Å². The van der Waals surface area contributed by atoms with E-state index < -0.39 is 15.5 Å². The number of aromatic nitrogens is 1. The summed E-state index contributed by atoms with van der Waals surface area (Å²) in [5, 5.41) is 5.63.